The lowest BCUT2D eigenvalue weighted by atomic mass is 10.1. The van der Waals surface area contributed by atoms with Crippen LogP contribution in [0.25, 0.3) is 33.2 Å². The van der Waals surface area contributed by atoms with Gasteiger partial charge in [0.15, 0.2) is 5.82 Å². The van der Waals surface area contributed by atoms with Crippen LogP contribution in [-0.4, -0.2) is 20.9 Å². The topological polar surface area (TPSA) is 60.1 Å². The summed E-state index contributed by atoms with van der Waals surface area (Å²) in [5.41, 5.74) is 4.08. The molecule has 30 heavy (non-hydrogen) atoms. The van der Waals surface area contributed by atoms with Gasteiger partial charge in [0, 0.05) is 17.1 Å². The number of pyridine rings is 1. The summed E-state index contributed by atoms with van der Waals surface area (Å²) in [6.07, 6.45) is 3.41. The van der Waals surface area contributed by atoms with Crippen LogP contribution < -0.4 is 5.56 Å². The second-order valence-electron chi connectivity index (χ2n) is 7.11. The van der Waals surface area contributed by atoms with Gasteiger partial charge in [-0.2, -0.15) is 9.78 Å². The van der Waals surface area contributed by atoms with Gasteiger partial charge < -0.3 is 0 Å². The highest BCUT2D eigenvalue weighted by Gasteiger charge is 2.14. The highest BCUT2D eigenvalue weighted by Crippen LogP contribution is 2.24. The molecule has 0 amide bonds. The fraction of sp³-hybridized carbons (Fsp3) is 0.0400. The molecule has 0 unspecified atom stereocenters. The summed E-state index contributed by atoms with van der Waals surface area (Å²) in [4.78, 5) is 22.7. The normalized spacial score (nSPS) is 11.5. The fourth-order valence-electron chi connectivity index (χ4n) is 3.45. The van der Waals surface area contributed by atoms with Gasteiger partial charge >= 0.3 is 0 Å². The maximum absolute atomic E-state index is 13.4. The minimum atomic E-state index is -0.214. The zero-order valence-electron chi connectivity index (χ0n) is 16.4. The molecule has 5 heteroatoms. The van der Waals surface area contributed by atoms with Crippen molar-refractivity contribution in [2.45, 2.75) is 6.92 Å². The average Bonchev–Trinajstić information content (AvgIpc) is 2.79. The highest BCUT2D eigenvalue weighted by atomic mass is 16.1. The van der Waals surface area contributed by atoms with Crippen LogP contribution >= 0.6 is 0 Å². The van der Waals surface area contributed by atoms with Crippen molar-refractivity contribution in [2.24, 2.45) is 5.10 Å². The summed E-state index contributed by atoms with van der Waals surface area (Å²) in [6, 6.07) is 25.0. The minimum absolute atomic E-state index is 0.214. The van der Waals surface area contributed by atoms with Crippen LogP contribution in [0.1, 0.15) is 11.1 Å². The summed E-state index contributed by atoms with van der Waals surface area (Å²) in [5, 5.41) is 5.86. The Morgan fingerprint density at radius 2 is 1.67 bits per heavy atom. The van der Waals surface area contributed by atoms with Gasteiger partial charge in [0.25, 0.3) is 5.56 Å². The smallest absolute Gasteiger partial charge is 0.267 e. The van der Waals surface area contributed by atoms with Gasteiger partial charge in [0.05, 0.1) is 22.6 Å². The largest absolute Gasteiger partial charge is 0.282 e. The van der Waals surface area contributed by atoms with Crippen molar-refractivity contribution >= 4 is 28.0 Å². The monoisotopic (exact) mass is 390 g/mol. The van der Waals surface area contributed by atoms with Gasteiger partial charge in [0.1, 0.15) is 0 Å². The molecule has 0 radical (unpaired) electrons. The Bertz CT molecular complexity index is 1450. The van der Waals surface area contributed by atoms with Crippen molar-refractivity contribution in [3.8, 4) is 11.4 Å². The van der Waals surface area contributed by atoms with E-state index < -0.39 is 0 Å². The lowest BCUT2D eigenvalue weighted by molar-refractivity contribution is 0.830. The number of hydrogen-bond donors (Lipinski definition) is 0. The Hall–Kier alpha value is -4.12. The van der Waals surface area contributed by atoms with Crippen molar-refractivity contribution in [2.75, 3.05) is 0 Å². The third-order valence-corrected chi connectivity index (χ3v) is 5.03. The van der Waals surface area contributed by atoms with E-state index in [0.29, 0.717) is 16.7 Å². The van der Waals surface area contributed by atoms with Gasteiger partial charge in [-0.15, -0.1) is 0 Å². The molecule has 5 nitrogen and oxygen atoms in total. The molecule has 5 rings (SSSR count). The van der Waals surface area contributed by atoms with E-state index in [1.807, 2.05) is 79.7 Å². The van der Waals surface area contributed by atoms with Crippen LogP contribution in [0.15, 0.2) is 95.0 Å². The lowest BCUT2D eigenvalue weighted by Crippen LogP contribution is -2.20. The number of rotatable bonds is 3. The van der Waals surface area contributed by atoms with Crippen LogP contribution in [-0.2, 0) is 0 Å². The summed E-state index contributed by atoms with van der Waals surface area (Å²) in [5.74, 6) is 0.496. The molecule has 0 spiro atoms. The quantitative estimate of drug-likeness (QED) is 0.328. The molecule has 0 aliphatic rings. The zero-order valence-corrected chi connectivity index (χ0v) is 16.4. The molecule has 5 aromatic rings. The van der Waals surface area contributed by atoms with Crippen molar-refractivity contribution in [1.82, 2.24) is 14.6 Å². The molecule has 0 saturated heterocycles. The lowest BCUT2D eigenvalue weighted by Gasteiger charge is -2.11. The first-order valence-electron chi connectivity index (χ1n) is 9.68. The van der Waals surface area contributed by atoms with Gasteiger partial charge in [-0.1, -0.05) is 60.2 Å². The third-order valence-electron chi connectivity index (χ3n) is 5.03. The summed E-state index contributed by atoms with van der Waals surface area (Å²) in [6.45, 7) is 2.03. The molecule has 0 fully saturated rings. The van der Waals surface area contributed by atoms with Gasteiger partial charge in [-0.25, -0.2) is 4.98 Å². The number of fused-ring (bicyclic) bond motifs is 3. The average molecular weight is 390 g/mol. The van der Waals surface area contributed by atoms with E-state index in [-0.39, 0.29) is 5.56 Å². The van der Waals surface area contributed by atoms with Crippen molar-refractivity contribution < 1.29 is 0 Å². The second-order valence-corrected chi connectivity index (χ2v) is 7.11. The van der Waals surface area contributed by atoms with E-state index in [1.165, 1.54) is 4.68 Å². The maximum atomic E-state index is 13.4. The van der Waals surface area contributed by atoms with E-state index in [2.05, 4.69) is 10.1 Å². The summed E-state index contributed by atoms with van der Waals surface area (Å²) >= 11 is 0. The van der Waals surface area contributed by atoms with E-state index in [4.69, 9.17) is 4.98 Å². The number of benzene rings is 3. The van der Waals surface area contributed by atoms with Gasteiger partial charge in [0.2, 0.25) is 0 Å². The van der Waals surface area contributed by atoms with Crippen LogP contribution in [0.3, 0.4) is 0 Å². The standard InChI is InChI=1S/C25H18N4O/c1-17-9-11-19(12-10-17)24-28-23-20-8-5-15-26-22(20)14-13-21(23)25(30)29(24)27-16-18-6-3-2-4-7-18/h2-16H,1H3/b27-16+. The molecule has 0 aliphatic heterocycles. The highest BCUT2D eigenvalue weighted by molar-refractivity contribution is 6.03. The molecular weight excluding hydrogens is 372 g/mol. The molecule has 3 aromatic carbocycles. The van der Waals surface area contributed by atoms with Crippen LogP contribution in [0.5, 0.6) is 0 Å². The molecule has 2 aromatic heterocycles. The Balaban J connectivity index is 1.82. The predicted octanol–water partition coefficient (Wildman–Crippen LogP) is 4.80. The van der Waals surface area contributed by atoms with Crippen LogP contribution in [0.2, 0.25) is 0 Å². The molecule has 0 bridgehead atoms. The number of aromatic nitrogens is 3. The second kappa shape index (κ2) is 7.37. The summed E-state index contributed by atoms with van der Waals surface area (Å²) < 4.78 is 1.38. The van der Waals surface area contributed by atoms with E-state index in [0.717, 1.165) is 27.6 Å². The predicted molar refractivity (Wildman–Crippen MR) is 121 cm³/mol. The van der Waals surface area contributed by atoms with E-state index >= 15 is 0 Å². The van der Waals surface area contributed by atoms with Crippen molar-refractivity contribution in [3.63, 3.8) is 0 Å². The Morgan fingerprint density at radius 1 is 0.867 bits per heavy atom. The molecular formula is C25H18N4O. The Labute approximate surface area is 173 Å². The molecule has 0 atom stereocenters. The molecule has 0 saturated carbocycles. The van der Waals surface area contributed by atoms with Gasteiger partial charge in [-0.3, -0.25) is 9.78 Å². The maximum Gasteiger partial charge on any atom is 0.282 e. The molecule has 0 aliphatic carbocycles. The fourth-order valence-corrected chi connectivity index (χ4v) is 3.45. The third kappa shape index (κ3) is 3.16. The van der Waals surface area contributed by atoms with Gasteiger partial charge in [-0.05, 0) is 36.8 Å². The van der Waals surface area contributed by atoms with Crippen LogP contribution in [0.4, 0.5) is 0 Å². The van der Waals surface area contributed by atoms with Crippen molar-refractivity contribution in [1.29, 1.82) is 0 Å². The number of hydrogen-bond acceptors (Lipinski definition) is 4. The SMILES string of the molecule is Cc1ccc(-c2nc3c(ccc4ncccc43)c(=O)n2/N=C/c2ccccc2)cc1. The Kier molecular flexibility index (Phi) is 4.41. The first-order valence-corrected chi connectivity index (χ1v) is 9.68. The zero-order chi connectivity index (χ0) is 20.5. The minimum Gasteiger partial charge on any atom is -0.267 e. The molecule has 144 valence electrons. The molecule has 0 N–H and O–H groups in total. The first kappa shape index (κ1) is 17.9. The van der Waals surface area contributed by atoms with Crippen LogP contribution in [0, 0.1) is 6.92 Å². The molecule has 2 heterocycles. The summed E-state index contributed by atoms with van der Waals surface area (Å²) in [7, 11) is 0. The Morgan fingerprint density at radius 3 is 2.47 bits per heavy atom. The van der Waals surface area contributed by atoms with E-state index in [1.54, 1.807) is 18.5 Å². The number of nitrogens with zero attached hydrogens (tertiary/aromatic N) is 4. The van der Waals surface area contributed by atoms with E-state index in [9.17, 15) is 4.79 Å². The van der Waals surface area contributed by atoms with Crippen molar-refractivity contribution in [3.05, 3.63) is 107 Å². The first-order chi connectivity index (χ1) is 14.7. The number of aryl methyl sites for hydroxylation is 1.